The zero-order valence-corrected chi connectivity index (χ0v) is 12.6. The van der Waals surface area contributed by atoms with E-state index in [1.165, 1.54) is 24.4 Å². The predicted octanol–water partition coefficient (Wildman–Crippen LogP) is 2.48. The summed E-state index contributed by atoms with van der Waals surface area (Å²) in [6.07, 6.45) is 4.55. The second kappa shape index (κ2) is 7.53. The van der Waals surface area contributed by atoms with Crippen molar-refractivity contribution in [3.8, 4) is 0 Å². The van der Waals surface area contributed by atoms with Crippen molar-refractivity contribution in [3.05, 3.63) is 58.3 Å². The summed E-state index contributed by atoms with van der Waals surface area (Å²) in [6, 6.07) is 7.95. The third kappa shape index (κ3) is 4.54. The molecular formula is C14H10Cl2N4O2. The predicted molar refractivity (Wildman–Crippen MR) is 85.1 cm³/mol. The van der Waals surface area contributed by atoms with Crippen LogP contribution in [0.15, 0.2) is 47.8 Å². The van der Waals surface area contributed by atoms with Crippen molar-refractivity contribution < 1.29 is 9.59 Å². The lowest BCUT2D eigenvalue weighted by atomic mass is 10.3. The smallest absolute Gasteiger partial charge is 0.318 e. The minimum Gasteiger partial charge on any atom is -0.318 e. The monoisotopic (exact) mass is 336 g/mol. The molecule has 1 aromatic heterocycles. The van der Waals surface area contributed by atoms with Gasteiger partial charge in [-0.25, -0.2) is 5.43 Å². The second-order valence-corrected chi connectivity index (χ2v) is 4.88. The van der Waals surface area contributed by atoms with Crippen molar-refractivity contribution in [3.63, 3.8) is 0 Å². The van der Waals surface area contributed by atoms with Crippen LogP contribution in [0.1, 0.15) is 5.56 Å². The first-order valence-electron chi connectivity index (χ1n) is 6.06. The van der Waals surface area contributed by atoms with E-state index in [9.17, 15) is 9.59 Å². The molecule has 2 aromatic rings. The number of amides is 2. The van der Waals surface area contributed by atoms with Crippen molar-refractivity contribution in [2.75, 3.05) is 5.32 Å². The van der Waals surface area contributed by atoms with E-state index < -0.39 is 11.8 Å². The fourth-order valence-corrected chi connectivity index (χ4v) is 1.73. The van der Waals surface area contributed by atoms with Crippen LogP contribution in [0, 0.1) is 0 Å². The number of hydrazone groups is 1. The lowest BCUT2D eigenvalue weighted by Crippen LogP contribution is -2.32. The van der Waals surface area contributed by atoms with E-state index >= 15 is 0 Å². The average molecular weight is 337 g/mol. The number of carbonyl (C=O) groups excluding carboxylic acids is 2. The van der Waals surface area contributed by atoms with E-state index in [0.717, 1.165) is 0 Å². The molecule has 2 N–H and O–H groups in total. The number of benzene rings is 1. The van der Waals surface area contributed by atoms with E-state index in [0.29, 0.717) is 16.3 Å². The molecule has 0 aliphatic carbocycles. The molecule has 8 heteroatoms. The molecule has 2 amide bonds. The Labute approximate surface area is 136 Å². The maximum atomic E-state index is 11.7. The number of hydrogen-bond donors (Lipinski definition) is 2. The Balaban J connectivity index is 1.90. The Morgan fingerprint density at radius 2 is 1.95 bits per heavy atom. The Morgan fingerprint density at radius 3 is 2.64 bits per heavy atom. The molecule has 2 rings (SSSR count). The van der Waals surface area contributed by atoms with Gasteiger partial charge in [0.05, 0.1) is 16.3 Å². The van der Waals surface area contributed by atoms with E-state index in [2.05, 4.69) is 20.8 Å². The molecule has 0 unspecified atom stereocenters. The van der Waals surface area contributed by atoms with Crippen LogP contribution >= 0.6 is 23.2 Å². The fourth-order valence-electron chi connectivity index (χ4n) is 1.43. The van der Waals surface area contributed by atoms with Crippen molar-refractivity contribution in [1.82, 2.24) is 10.4 Å². The highest BCUT2D eigenvalue weighted by molar-refractivity contribution is 6.42. The van der Waals surface area contributed by atoms with Crippen LogP contribution in [0.5, 0.6) is 0 Å². The topological polar surface area (TPSA) is 83.5 Å². The molecule has 0 radical (unpaired) electrons. The van der Waals surface area contributed by atoms with Gasteiger partial charge in [-0.05, 0) is 24.3 Å². The minimum atomic E-state index is -0.911. The quantitative estimate of drug-likeness (QED) is 0.513. The number of pyridine rings is 1. The number of aromatic nitrogens is 1. The number of hydrogen-bond acceptors (Lipinski definition) is 4. The summed E-state index contributed by atoms with van der Waals surface area (Å²) >= 11 is 11.6. The second-order valence-electron chi connectivity index (χ2n) is 4.07. The van der Waals surface area contributed by atoms with Crippen molar-refractivity contribution in [1.29, 1.82) is 0 Å². The molecule has 0 fully saturated rings. The number of anilines is 1. The Bertz CT molecular complexity index is 720. The maximum Gasteiger partial charge on any atom is 0.329 e. The molecule has 0 spiro atoms. The normalized spacial score (nSPS) is 10.5. The molecule has 1 aromatic carbocycles. The molecule has 0 bridgehead atoms. The third-order valence-corrected chi connectivity index (χ3v) is 3.19. The zero-order valence-electron chi connectivity index (χ0n) is 11.1. The summed E-state index contributed by atoms with van der Waals surface area (Å²) in [7, 11) is 0. The number of carbonyl (C=O) groups is 2. The highest BCUT2D eigenvalue weighted by Gasteiger charge is 2.13. The van der Waals surface area contributed by atoms with Crippen LogP contribution in [0.4, 0.5) is 5.69 Å². The molecule has 0 atom stereocenters. The first kappa shape index (κ1) is 15.9. The molecule has 0 saturated carbocycles. The minimum absolute atomic E-state index is 0.273. The average Bonchev–Trinajstić information content (AvgIpc) is 2.52. The van der Waals surface area contributed by atoms with Crippen LogP contribution in [-0.2, 0) is 9.59 Å². The molecular weight excluding hydrogens is 327 g/mol. The standard InChI is InChI=1S/C14H10Cl2N4O2/c15-11-4-3-10(6-12(11)16)19-13(21)14(22)20-18-8-9-2-1-5-17-7-9/h1-8H,(H,19,21)(H,20,22). The highest BCUT2D eigenvalue weighted by atomic mass is 35.5. The molecule has 22 heavy (non-hydrogen) atoms. The van der Waals surface area contributed by atoms with Crippen LogP contribution < -0.4 is 10.7 Å². The van der Waals surface area contributed by atoms with Gasteiger partial charge >= 0.3 is 11.8 Å². The fraction of sp³-hybridized carbons (Fsp3) is 0. The Morgan fingerprint density at radius 1 is 1.14 bits per heavy atom. The van der Waals surface area contributed by atoms with E-state index in [4.69, 9.17) is 23.2 Å². The SMILES string of the molecule is O=C(NN=Cc1cccnc1)C(=O)Nc1ccc(Cl)c(Cl)c1. The summed E-state index contributed by atoms with van der Waals surface area (Å²) in [6.45, 7) is 0. The largest absolute Gasteiger partial charge is 0.329 e. The van der Waals surface area contributed by atoms with Gasteiger partial charge in [-0.1, -0.05) is 29.3 Å². The molecule has 0 saturated heterocycles. The van der Waals surface area contributed by atoms with Gasteiger partial charge in [-0.15, -0.1) is 0 Å². The van der Waals surface area contributed by atoms with Gasteiger partial charge < -0.3 is 5.32 Å². The molecule has 0 aliphatic heterocycles. The Kier molecular flexibility index (Phi) is 5.46. The van der Waals surface area contributed by atoms with Gasteiger partial charge in [0, 0.05) is 23.6 Å². The third-order valence-electron chi connectivity index (χ3n) is 2.45. The number of halogens is 2. The molecule has 6 nitrogen and oxygen atoms in total. The lowest BCUT2D eigenvalue weighted by Gasteiger charge is -2.05. The van der Waals surface area contributed by atoms with Gasteiger partial charge in [0.25, 0.3) is 0 Å². The van der Waals surface area contributed by atoms with Gasteiger partial charge in [0.2, 0.25) is 0 Å². The first-order chi connectivity index (χ1) is 10.6. The maximum absolute atomic E-state index is 11.7. The van der Waals surface area contributed by atoms with E-state index in [1.807, 2.05) is 0 Å². The van der Waals surface area contributed by atoms with Crippen LogP contribution in [0.25, 0.3) is 0 Å². The summed E-state index contributed by atoms with van der Waals surface area (Å²) in [5.74, 6) is -1.78. The molecule has 0 aliphatic rings. The Hall–Kier alpha value is -2.44. The van der Waals surface area contributed by atoms with Gasteiger partial charge in [0.1, 0.15) is 0 Å². The number of nitrogens with zero attached hydrogens (tertiary/aromatic N) is 2. The van der Waals surface area contributed by atoms with Crippen molar-refractivity contribution in [2.24, 2.45) is 5.10 Å². The van der Waals surface area contributed by atoms with Gasteiger partial charge in [-0.2, -0.15) is 5.10 Å². The van der Waals surface area contributed by atoms with Crippen LogP contribution in [0.3, 0.4) is 0 Å². The number of nitrogens with one attached hydrogen (secondary N) is 2. The van der Waals surface area contributed by atoms with Gasteiger partial charge in [0.15, 0.2) is 0 Å². The molecule has 112 valence electrons. The summed E-state index contributed by atoms with van der Waals surface area (Å²) in [5, 5.41) is 6.67. The van der Waals surface area contributed by atoms with E-state index in [1.54, 1.807) is 24.5 Å². The van der Waals surface area contributed by atoms with Gasteiger partial charge in [-0.3, -0.25) is 14.6 Å². The van der Waals surface area contributed by atoms with Crippen molar-refractivity contribution >= 4 is 46.9 Å². The zero-order chi connectivity index (χ0) is 15.9. The first-order valence-corrected chi connectivity index (χ1v) is 6.81. The molecule has 1 heterocycles. The summed E-state index contributed by atoms with van der Waals surface area (Å²) < 4.78 is 0. The van der Waals surface area contributed by atoms with Crippen LogP contribution in [-0.4, -0.2) is 23.0 Å². The van der Waals surface area contributed by atoms with Crippen molar-refractivity contribution in [2.45, 2.75) is 0 Å². The number of rotatable bonds is 3. The summed E-state index contributed by atoms with van der Waals surface area (Å²) in [5.41, 5.74) is 3.15. The lowest BCUT2D eigenvalue weighted by molar-refractivity contribution is -0.136. The van der Waals surface area contributed by atoms with E-state index in [-0.39, 0.29) is 5.02 Å². The highest BCUT2D eigenvalue weighted by Crippen LogP contribution is 2.24. The van der Waals surface area contributed by atoms with Crippen LogP contribution in [0.2, 0.25) is 10.0 Å². The summed E-state index contributed by atoms with van der Waals surface area (Å²) in [4.78, 5) is 27.1.